The average Bonchev–Trinajstić information content (AvgIpc) is 3.23. The van der Waals surface area contributed by atoms with Gasteiger partial charge in [-0.3, -0.25) is 0 Å². The molecular weight excluding hydrogens is 342 g/mol. The molecule has 2 heterocycles. The van der Waals surface area contributed by atoms with E-state index in [4.69, 9.17) is 4.74 Å². The standard InChI is InChI=1S/C22H21NO2S/c1-2-25-22(24)20-14-17-15-23(18-11-7-4-8-12-18)19(21(17)26-20)13-16-9-5-3-6-10-16/h3-12,14,19H,2,13,15H2,1H3. The maximum atomic E-state index is 12.1. The first-order valence-corrected chi connectivity index (χ1v) is 9.73. The van der Waals surface area contributed by atoms with Crippen molar-refractivity contribution in [3.05, 3.63) is 87.6 Å². The minimum atomic E-state index is -0.211. The summed E-state index contributed by atoms with van der Waals surface area (Å²) in [4.78, 5) is 16.6. The van der Waals surface area contributed by atoms with Crippen LogP contribution < -0.4 is 4.90 Å². The maximum absolute atomic E-state index is 12.1. The quantitative estimate of drug-likeness (QED) is 0.581. The lowest BCUT2D eigenvalue weighted by atomic mass is 10.0. The second-order valence-electron chi connectivity index (χ2n) is 6.39. The molecule has 0 N–H and O–H groups in total. The lowest BCUT2D eigenvalue weighted by Crippen LogP contribution is -2.23. The van der Waals surface area contributed by atoms with Crippen LogP contribution in [-0.4, -0.2) is 12.6 Å². The first-order valence-electron chi connectivity index (χ1n) is 8.91. The number of benzene rings is 2. The molecule has 3 aromatic rings. The fourth-order valence-electron chi connectivity index (χ4n) is 3.52. The molecule has 132 valence electrons. The van der Waals surface area contributed by atoms with Gasteiger partial charge in [-0.05, 0) is 42.7 Å². The van der Waals surface area contributed by atoms with Crippen LogP contribution in [0.5, 0.6) is 0 Å². The molecule has 0 saturated heterocycles. The number of carbonyl (C=O) groups excluding carboxylic acids is 1. The van der Waals surface area contributed by atoms with Crippen molar-refractivity contribution in [1.29, 1.82) is 0 Å². The predicted octanol–water partition coefficient (Wildman–Crippen LogP) is 5.23. The Kier molecular flexibility index (Phi) is 4.76. The Morgan fingerprint density at radius 2 is 1.81 bits per heavy atom. The number of hydrogen-bond donors (Lipinski definition) is 0. The Morgan fingerprint density at radius 3 is 2.50 bits per heavy atom. The molecule has 1 aliphatic rings. The van der Waals surface area contributed by atoms with E-state index < -0.39 is 0 Å². The summed E-state index contributed by atoms with van der Waals surface area (Å²) in [6.07, 6.45) is 0.922. The van der Waals surface area contributed by atoms with Gasteiger partial charge in [-0.15, -0.1) is 11.3 Å². The van der Waals surface area contributed by atoms with E-state index in [1.165, 1.54) is 21.7 Å². The van der Waals surface area contributed by atoms with Gasteiger partial charge in [-0.2, -0.15) is 0 Å². The number of hydrogen-bond acceptors (Lipinski definition) is 4. The Morgan fingerprint density at radius 1 is 1.12 bits per heavy atom. The van der Waals surface area contributed by atoms with Gasteiger partial charge >= 0.3 is 5.97 Å². The summed E-state index contributed by atoms with van der Waals surface area (Å²) in [5, 5.41) is 0. The van der Waals surface area contributed by atoms with Crippen LogP contribution in [0.3, 0.4) is 0 Å². The first kappa shape index (κ1) is 16.9. The van der Waals surface area contributed by atoms with Crippen LogP contribution in [0.1, 0.15) is 38.6 Å². The van der Waals surface area contributed by atoms with Crippen LogP contribution in [0, 0.1) is 0 Å². The summed E-state index contributed by atoms with van der Waals surface area (Å²) in [7, 11) is 0. The van der Waals surface area contributed by atoms with Crippen LogP contribution in [0.25, 0.3) is 0 Å². The average molecular weight is 363 g/mol. The second-order valence-corrected chi connectivity index (χ2v) is 7.47. The van der Waals surface area contributed by atoms with Gasteiger partial charge in [0.05, 0.1) is 12.6 Å². The van der Waals surface area contributed by atoms with E-state index in [9.17, 15) is 4.79 Å². The minimum Gasteiger partial charge on any atom is -0.462 e. The number of esters is 1. The van der Waals surface area contributed by atoms with Crippen molar-refractivity contribution >= 4 is 23.0 Å². The molecule has 0 fully saturated rings. The van der Waals surface area contributed by atoms with Crippen LogP contribution in [-0.2, 0) is 17.7 Å². The van der Waals surface area contributed by atoms with Crippen molar-refractivity contribution in [2.75, 3.05) is 11.5 Å². The first-order chi connectivity index (χ1) is 12.8. The molecule has 26 heavy (non-hydrogen) atoms. The van der Waals surface area contributed by atoms with Gasteiger partial charge in [0.25, 0.3) is 0 Å². The van der Waals surface area contributed by atoms with Crippen molar-refractivity contribution < 1.29 is 9.53 Å². The molecule has 4 rings (SSSR count). The third-order valence-electron chi connectivity index (χ3n) is 4.70. The monoisotopic (exact) mass is 363 g/mol. The van der Waals surface area contributed by atoms with E-state index in [0.29, 0.717) is 11.5 Å². The van der Waals surface area contributed by atoms with Gasteiger partial charge in [0.2, 0.25) is 0 Å². The number of anilines is 1. The smallest absolute Gasteiger partial charge is 0.348 e. The molecule has 2 aromatic carbocycles. The Balaban J connectivity index is 1.68. The van der Waals surface area contributed by atoms with Crippen LogP contribution >= 0.6 is 11.3 Å². The zero-order valence-electron chi connectivity index (χ0n) is 14.7. The molecule has 0 aliphatic carbocycles. The molecule has 0 spiro atoms. The molecule has 1 unspecified atom stereocenters. The largest absolute Gasteiger partial charge is 0.462 e. The van der Waals surface area contributed by atoms with E-state index in [2.05, 4.69) is 53.4 Å². The molecule has 1 atom stereocenters. The van der Waals surface area contributed by atoms with E-state index in [-0.39, 0.29) is 12.0 Å². The number of carbonyl (C=O) groups is 1. The minimum absolute atomic E-state index is 0.211. The number of ether oxygens (including phenoxy) is 1. The highest BCUT2D eigenvalue weighted by molar-refractivity contribution is 7.14. The Bertz CT molecular complexity index is 889. The van der Waals surface area contributed by atoms with Crippen LogP contribution in [0.4, 0.5) is 5.69 Å². The Labute approximate surface area is 157 Å². The van der Waals surface area contributed by atoms with Crippen molar-refractivity contribution in [2.24, 2.45) is 0 Å². The van der Waals surface area contributed by atoms with E-state index in [0.717, 1.165) is 13.0 Å². The summed E-state index contributed by atoms with van der Waals surface area (Å²) >= 11 is 1.58. The highest BCUT2D eigenvalue weighted by Crippen LogP contribution is 2.43. The highest BCUT2D eigenvalue weighted by Gasteiger charge is 2.33. The zero-order chi connectivity index (χ0) is 17.9. The molecular formula is C22H21NO2S. The van der Waals surface area contributed by atoms with Crippen LogP contribution in [0.15, 0.2) is 66.7 Å². The van der Waals surface area contributed by atoms with Gasteiger partial charge in [-0.25, -0.2) is 4.79 Å². The molecule has 1 aliphatic heterocycles. The van der Waals surface area contributed by atoms with E-state index in [1.807, 2.05) is 25.1 Å². The molecule has 0 saturated carbocycles. The fraction of sp³-hybridized carbons (Fsp3) is 0.227. The van der Waals surface area contributed by atoms with Crippen LogP contribution in [0.2, 0.25) is 0 Å². The predicted molar refractivity (Wildman–Crippen MR) is 106 cm³/mol. The summed E-state index contributed by atoms with van der Waals surface area (Å²) in [5.74, 6) is -0.211. The topological polar surface area (TPSA) is 29.5 Å². The normalized spacial score (nSPS) is 15.7. The molecule has 3 nitrogen and oxygen atoms in total. The maximum Gasteiger partial charge on any atom is 0.348 e. The fourth-order valence-corrected chi connectivity index (χ4v) is 4.70. The van der Waals surface area contributed by atoms with Gasteiger partial charge in [0.1, 0.15) is 4.88 Å². The van der Waals surface area contributed by atoms with E-state index >= 15 is 0 Å². The number of nitrogens with zero attached hydrogens (tertiary/aromatic N) is 1. The van der Waals surface area contributed by atoms with Crippen molar-refractivity contribution in [3.8, 4) is 0 Å². The summed E-state index contributed by atoms with van der Waals surface area (Å²) in [6.45, 7) is 3.08. The number of fused-ring (bicyclic) bond motifs is 1. The van der Waals surface area contributed by atoms with Gasteiger partial charge < -0.3 is 9.64 Å². The molecule has 0 amide bonds. The highest BCUT2D eigenvalue weighted by atomic mass is 32.1. The van der Waals surface area contributed by atoms with Gasteiger partial charge in [0.15, 0.2) is 0 Å². The van der Waals surface area contributed by atoms with Gasteiger partial charge in [0, 0.05) is 17.1 Å². The third kappa shape index (κ3) is 3.25. The summed E-state index contributed by atoms with van der Waals surface area (Å²) in [6, 6.07) is 23.3. The van der Waals surface area contributed by atoms with Crippen molar-refractivity contribution in [3.63, 3.8) is 0 Å². The molecule has 0 bridgehead atoms. The Hall–Kier alpha value is -2.59. The molecule has 4 heteroatoms. The number of rotatable bonds is 5. The van der Waals surface area contributed by atoms with E-state index in [1.54, 1.807) is 11.3 Å². The van der Waals surface area contributed by atoms with Crippen molar-refractivity contribution in [1.82, 2.24) is 0 Å². The van der Waals surface area contributed by atoms with Crippen molar-refractivity contribution in [2.45, 2.75) is 25.9 Å². The summed E-state index contributed by atoms with van der Waals surface area (Å²) < 4.78 is 5.19. The molecule has 0 radical (unpaired) electrons. The third-order valence-corrected chi connectivity index (χ3v) is 5.96. The molecule has 1 aromatic heterocycles. The lowest BCUT2D eigenvalue weighted by molar-refractivity contribution is 0.0532. The van der Waals surface area contributed by atoms with Gasteiger partial charge in [-0.1, -0.05) is 48.5 Å². The zero-order valence-corrected chi connectivity index (χ0v) is 15.5. The number of para-hydroxylation sites is 1. The summed E-state index contributed by atoms with van der Waals surface area (Å²) in [5.41, 5.74) is 3.76. The SMILES string of the molecule is CCOC(=O)c1cc2c(s1)C(Cc1ccccc1)N(c1ccccc1)C2. The number of thiophene rings is 1. The lowest BCUT2D eigenvalue weighted by Gasteiger charge is -2.27. The second kappa shape index (κ2) is 7.34.